The number of ether oxygens (including phenoxy) is 1. The number of alkyl halides is 4. The standard InChI is InChI=1S/C77H123ClF3N13O14/c1-13-48(4)64-73(105)86(7)49(5)68(100)94-37-32-57(94)71(103)89(10)59(44-50-22-15-14-16-23-50)70(102)85(6)46-61(95)82-55(29-27-51-26-28-53(54(78)43-51)77(79,80)81)69(101)88(9)56(30-31-62(96)92-35-21-36-92)67(99)84-76(33-19-20-34-76)75(107)91(12)65(52-24-17-18-25-52)74(106)90(11)60(72(104)93-38-40-108-41-39-93)45-63(97)87(8)58(42-47(2)3)66(98)83-64/h47-60,64-65H,13-46H2,1-12H3,(H,82,95)(H,83,98)(H,84,99)/t48-,49-,51?,53?,54?,55-,56-,57-,58-,59-,60-,64-,65-/m0/s1. The number of rotatable bonds is 14. The van der Waals surface area contributed by atoms with Crippen LogP contribution in [-0.2, 0) is 67.1 Å². The van der Waals surface area contributed by atoms with E-state index in [9.17, 15) is 37.1 Å². The molecule has 0 aromatic heterocycles. The molecule has 3 N–H and O–H groups in total. The molecule has 608 valence electrons. The third-order valence-electron chi connectivity index (χ3n) is 25.3. The molecule has 13 atom stereocenters. The van der Waals surface area contributed by atoms with E-state index >= 15 is 38.4 Å². The van der Waals surface area contributed by atoms with Crippen molar-refractivity contribution in [1.29, 1.82) is 0 Å². The zero-order chi connectivity index (χ0) is 79.4. The number of hydrogen-bond acceptors (Lipinski definition) is 14. The molecule has 0 aromatic carbocycles. The molecule has 8 aliphatic rings. The Labute approximate surface area is 641 Å². The van der Waals surface area contributed by atoms with Gasteiger partial charge in [0.25, 0.3) is 0 Å². The summed E-state index contributed by atoms with van der Waals surface area (Å²) < 4.78 is 48.1. The molecular weight excluding hydrogens is 1420 g/mol. The van der Waals surface area contributed by atoms with Gasteiger partial charge in [0.05, 0.1) is 32.1 Å². The fourth-order valence-corrected chi connectivity index (χ4v) is 18.1. The first-order valence-electron chi connectivity index (χ1n) is 39.9. The van der Waals surface area contributed by atoms with Crippen LogP contribution in [0.25, 0.3) is 0 Å². The van der Waals surface area contributed by atoms with E-state index in [1.54, 1.807) is 11.8 Å². The third kappa shape index (κ3) is 20.8. The van der Waals surface area contributed by atoms with E-state index in [2.05, 4.69) is 16.0 Å². The SMILES string of the molecule is CC[C@H](C)[C@@H]1NC(=O)[C@H](CC(C)C)N(C)C(=O)C[C@@H](C(=O)N2CCOCC2)N(C)C(=O)[C@H](C2CCCC2)N(C)C(=O)C2(CCCC2)NC(=O)[C@H](CCC(=O)N2CCC2)N(C)C(=O)[C@H](CCC2CCC(C(F)(F)F)C(Cl)C2)NC(=O)CN(C)C(=O)[C@H](CC2CCCCC2)N(C)C(=O)[C@@H]2CCN2C(=O)[C@H](C)N(C)C1=O. The van der Waals surface area contributed by atoms with E-state index in [-0.39, 0.29) is 128 Å². The first kappa shape index (κ1) is 86.7. The molecule has 4 saturated heterocycles. The van der Waals surface area contributed by atoms with Gasteiger partial charge in [0.15, 0.2) is 0 Å². The Morgan fingerprint density at radius 2 is 1.23 bits per heavy atom. The molecule has 4 aliphatic carbocycles. The lowest BCUT2D eigenvalue weighted by Gasteiger charge is -2.45. The maximum absolute atomic E-state index is 15.9. The predicted molar refractivity (Wildman–Crippen MR) is 396 cm³/mol. The number of likely N-dealkylation sites (tertiary alicyclic amines) is 1. The summed E-state index contributed by atoms with van der Waals surface area (Å²) in [6.45, 7) is 9.93. The van der Waals surface area contributed by atoms with Crippen LogP contribution in [-0.4, -0.2) is 299 Å². The maximum atomic E-state index is 15.9. The molecule has 0 radical (unpaired) electrons. The molecule has 4 aliphatic heterocycles. The van der Waals surface area contributed by atoms with Crippen LogP contribution in [0.3, 0.4) is 0 Å². The van der Waals surface area contributed by atoms with Gasteiger partial charge in [0, 0.05) is 93.9 Å². The van der Waals surface area contributed by atoms with Crippen LogP contribution in [0.15, 0.2) is 0 Å². The van der Waals surface area contributed by atoms with Gasteiger partial charge in [0.2, 0.25) is 76.8 Å². The fraction of sp³-hybridized carbons (Fsp3) is 0.831. The summed E-state index contributed by atoms with van der Waals surface area (Å²) in [7, 11) is 9.96. The predicted octanol–water partition coefficient (Wildman–Crippen LogP) is 5.32. The number of fused-ring (bicyclic) bond motifs is 1. The Bertz CT molecular complexity index is 3210. The van der Waals surface area contributed by atoms with E-state index in [4.69, 9.17) is 16.3 Å². The molecule has 31 heteroatoms. The van der Waals surface area contributed by atoms with Gasteiger partial charge >= 0.3 is 6.18 Å². The monoisotopic (exact) mass is 1550 g/mol. The number of carbonyl (C=O) groups excluding carboxylic acids is 13. The van der Waals surface area contributed by atoms with E-state index in [0.29, 0.717) is 58.0 Å². The van der Waals surface area contributed by atoms with Gasteiger partial charge in [-0.3, -0.25) is 62.3 Å². The Morgan fingerprint density at radius 3 is 1.81 bits per heavy atom. The van der Waals surface area contributed by atoms with Crippen molar-refractivity contribution in [2.24, 2.45) is 35.5 Å². The number of nitrogens with one attached hydrogen (secondary N) is 3. The number of morpholine rings is 1. The Balaban J connectivity index is 1.20. The summed E-state index contributed by atoms with van der Waals surface area (Å²) >= 11 is 6.46. The Morgan fingerprint density at radius 1 is 0.602 bits per heavy atom. The maximum Gasteiger partial charge on any atom is 0.393 e. The summed E-state index contributed by atoms with van der Waals surface area (Å²) in [6.07, 6.45) is 3.62. The first-order chi connectivity index (χ1) is 51.0. The lowest BCUT2D eigenvalue weighted by Crippen LogP contribution is -2.65. The minimum absolute atomic E-state index is 0.00390. The highest BCUT2D eigenvalue weighted by Gasteiger charge is 2.53. The molecule has 4 saturated carbocycles. The zero-order valence-electron chi connectivity index (χ0n) is 66.0. The third-order valence-corrected chi connectivity index (χ3v) is 25.7. The van der Waals surface area contributed by atoms with Crippen molar-refractivity contribution in [1.82, 2.24) is 64.9 Å². The van der Waals surface area contributed by atoms with E-state index in [0.717, 1.165) is 48.3 Å². The van der Waals surface area contributed by atoms with Crippen molar-refractivity contribution in [2.45, 2.75) is 273 Å². The van der Waals surface area contributed by atoms with Crippen molar-refractivity contribution in [2.75, 3.05) is 102 Å². The Kier molecular flexibility index (Phi) is 30.8. The van der Waals surface area contributed by atoms with Crippen molar-refractivity contribution in [3.63, 3.8) is 0 Å². The van der Waals surface area contributed by atoms with Crippen LogP contribution in [0.1, 0.15) is 202 Å². The van der Waals surface area contributed by atoms with Gasteiger partial charge in [0.1, 0.15) is 59.9 Å². The second-order valence-electron chi connectivity index (χ2n) is 33.0. The van der Waals surface area contributed by atoms with Gasteiger partial charge in [-0.1, -0.05) is 91.9 Å². The van der Waals surface area contributed by atoms with Crippen LogP contribution in [0, 0.1) is 35.5 Å². The average Bonchev–Trinajstić information content (AvgIpc) is 1.17. The first-order valence-corrected chi connectivity index (χ1v) is 40.4. The second kappa shape index (κ2) is 38.4. The number of hydrogen-bond donors (Lipinski definition) is 3. The van der Waals surface area contributed by atoms with Crippen LogP contribution in [0.4, 0.5) is 13.2 Å². The molecule has 1 spiro atoms. The molecule has 3 unspecified atom stereocenters. The van der Waals surface area contributed by atoms with Gasteiger partial charge in [-0.25, -0.2) is 0 Å². The zero-order valence-corrected chi connectivity index (χ0v) is 66.7. The summed E-state index contributed by atoms with van der Waals surface area (Å²) in [6, 6.07) is -11.5. The molecule has 8 fully saturated rings. The van der Waals surface area contributed by atoms with Crippen molar-refractivity contribution >= 4 is 88.4 Å². The van der Waals surface area contributed by atoms with Gasteiger partial charge < -0.3 is 69.7 Å². The second-order valence-corrected chi connectivity index (χ2v) is 33.5. The Hall–Kier alpha value is -6.85. The quantitative estimate of drug-likeness (QED) is 0.186. The van der Waals surface area contributed by atoms with Gasteiger partial charge in [-0.15, -0.1) is 11.6 Å². The molecule has 0 aromatic rings. The average molecular weight is 1550 g/mol. The summed E-state index contributed by atoms with van der Waals surface area (Å²) in [4.78, 5) is 210. The number of likely N-dealkylation sites (N-methyl/N-ethyl adjacent to an activating group) is 7. The molecular formula is C77H123ClF3N13O14. The topological polar surface area (TPSA) is 300 Å². The van der Waals surface area contributed by atoms with Crippen molar-refractivity contribution in [3.05, 3.63) is 0 Å². The highest BCUT2D eigenvalue weighted by atomic mass is 35.5. The highest BCUT2D eigenvalue weighted by molar-refractivity contribution is 6.21. The van der Waals surface area contributed by atoms with E-state index < -0.39 is 179 Å². The largest absolute Gasteiger partial charge is 0.393 e. The number of halogens is 4. The minimum Gasteiger partial charge on any atom is -0.378 e. The molecule has 13 amide bonds. The van der Waals surface area contributed by atoms with Crippen LogP contribution in [0.5, 0.6) is 0 Å². The lowest BCUT2D eigenvalue weighted by molar-refractivity contribution is -0.182. The van der Waals surface area contributed by atoms with Crippen molar-refractivity contribution in [3.8, 4) is 0 Å². The minimum atomic E-state index is -4.55. The number of carbonyl (C=O) groups is 13. The number of nitrogens with zero attached hydrogens (tertiary/aromatic N) is 10. The van der Waals surface area contributed by atoms with Crippen LogP contribution >= 0.6 is 11.6 Å². The number of amides is 13. The molecule has 27 nitrogen and oxygen atoms in total. The van der Waals surface area contributed by atoms with E-state index in [1.807, 2.05) is 20.8 Å². The molecule has 0 bridgehead atoms. The van der Waals surface area contributed by atoms with Gasteiger partial charge in [-0.2, -0.15) is 13.2 Å². The fourth-order valence-electron chi connectivity index (χ4n) is 17.6. The normalized spacial score (nSPS) is 30.5. The highest BCUT2D eigenvalue weighted by Crippen LogP contribution is 2.44. The molecule has 4 heterocycles. The van der Waals surface area contributed by atoms with Gasteiger partial charge in [-0.05, 0) is 126 Å². The summed E-state index contributed by atoms with van der Waals surface area (Å²) in [5.74, 6) is -11.7. The molecule has 8 rings (SSSR count). The smallest absolute Gasteiger partial charge is 0.378 e. The van der Waals surface area contributed by atoms with Crippen LogP contribution in [0.2, 0.25) is 0 Å². The van der Waals surface area contributed by atoms with E-state index in [1.165, 1.54) is 90.6 Å². The summed E-state index contributed by atoms with van der Waals surface area (Å²) in [5, 5.41) is 7.55. The van der Waals surface area contributed by atoms with Crippen LogP contribution < -0.4 is 16.0 Å². The molecule has 108 heavy (non-hydrogen) atoms. The van der Waals surface area contributed by atoms with Crippen molar-refractivity contribution < 1.29 is 80.2 Å². The lowest BCUT2D eigenvalue weighted by atomic mass is 9.78. The summed E-state index contributed by atoms with van der Waals surface area (Å²) in [5.41, 5.74) is -1.69.